The van der Waals surface area contributed by atoms with E-state index in [4.69, 9.17) is 31.2 Å². The highest BCUT2D eigenvalue weighted by Crippen LogP contribution is 2.41. The summed E-state index contributed by atoms with van der Waals surface area (Å²) >= 11 is 6.62. The van der Waals surface area contributed by atoms with Gasteiger partial charge in [0.15, 0.2) is 22.4 Å². The number of para-hydroxylation sites is 3. The molecule has 31 heavy (non-hydrogen) atoms. The molecule has 1 fully saturated rings. The first-order chi connectivity index (χ1) is 15.0. The van der Waals surface area contributed by atoms with Gasteiger partial charge in [-0.1, -0.05) is 48.2 Å². The van der Waals surface area contributed by atoms with Crippen LogP contribution in [0.15, 0.2) is 47.4 Å². The van der Waals surface area contributed by atoms with Gasteiger partial charge in [-0.25, -0.2) is 4.79 Å². The van der Waals surface area contributed by atoms with E-state index in [0.29, 0.717) is 37.7 Å². The Balaban J connectivity index is 1.94. The van der Waals surface area contributed by atoms with Crippen molar-refractivity contribution < 1.29 is 28.5 Å². The summed E-state index contributed by atoms with van der Waals surface area (Å²) < 4.78 is 21.7. The summed E-state index contributed by atoms with van der Waals surface area (Å²) in [6, 6.07) is 12.4. The molecule has 0 N–H and O–H groups in total. The molecule has 0 atom stereocenters. The maximum absolute atomic E-state index is 13.2. The van der Waals surface area contributed by atoms with Crippen molar-refractivity contribution in [1.29, 1.82) is 0 Å². The molecular weight excluding hydrogens is 438 g/mol. The topological polar surface area (TPSA) is 74.3 Å². The fraction of sp³-hybridized carbons (Fsp3) is 0.227. The second-order valence-corrected chi connectivity index (χ2v) is 7.84. The lowest BCUT2D eigenvalue weighted by molar-refractivity contribution is -0.145. The third kappa shape index (κ3) is 5.00. The van der Waals surface area contributed by atoms with Gasteiger partial charge in [0, 0.05) is 5.56 Å². The highest BCUT2D eigenvalue weighted by molar-refractivity contribution is 8.27. The van der Waals surface area contributed by atoms with Crippen molar-refractivity contribution in [2.75, 3.05) is 32.3 Å². The second-order valence-electron chi connectivity index (χ2n) is 6.16. The van der Waals surface area contributed by atoms with Gasteiger partial charge in [-0.2, -0.15) is 0 Å². The molecule has 0 aromatic heterocycles. The first kappa shape index (κ1) is 22.6. The predicted octanol–water partition coefficient (Wildman–Crippen LogP) is 4.05. The fourth-order valence-corrected chi connectivity index (χ4v) is 4.20. The Morgan fingerprint density at radius 1 is 1.10 bits per heavy atom. The first-order valence-corrected chi connectivity index (χ1v) is 10.6. The van der Waals surface area contributed by atoms with Crippen LogP contribution in [0.25, 0.3) is 6.08 Å². The van der Waals surface area contributed by atoms with Crippen molar-refractivity contribution in [3.63, 3.8) is 0 Å². The Kier molecular flexibility index (Phi) is 7.54. The van der Waals surface area contributed by atoms with Gasteiger partial charge in [-0.3, -0.25) is 9.69 Å². The van der Waals surface area contributed by atoms with E-state index in [0.717, 1.165) is 0 Å². The molecule has 0 saturated carbocycles. The number of rotatable bonds is 8. The van der Waals surface area contributed by atoms with Crippen molar-refractivity contribution in [2.24, 2.45) is 0 Å². The largest absolute Gasteiger partial charge is 0.495 e. The van der Waals surface area contributed by atoms with Crippen molar-refractivity contribution in [1.82, 2.24) is 0 Å². The number of methoxy groups -OCH3 is 2. The van der Waals surface area contributed by atoms with E-state index < -0.39 is 5.97 Å². The molecule has 1 aliphatic rings. The highest BCUT2D eigenvalue weighted by Gasteiger charge is 2.35. The number of benzene rings is 2. The number of thioether (sulfide) groups is 1. The standard InChI is InChI=1S/C22H21NO6S2/c1-4-28-19(24)13-29-20-14(8-7-11-17(20)27-3)12-18-21(25)23(22(30)31-18)15-9-5-6-10-16(15)26-2/h5-12H,4,13H2,1-3H3. The van der Waals surface area contributed by atoms with Gasteiger partial charge in [0.1, 0.15) is 5.75 Å². The molecule has 7 nitrogen and oxygen atoms in total. The molecule has 3 rings (SSSR count). The fourth-order valence-electron chi connectivity index (χ4n) is 2.93. The van der Waals surface area contributed by atoms with Crippen LogP contribution in [0.3, 0.4) is 0 Å². The number of hydrogen-bond donors (Lipinski definition) is 0. The Bertz CT molecular complexity index is 1040. The normalized spacial score (nSPS) is 14.7. The maximum atomic E-state index is 13.2. The van der Waals surface area contributed by atoms with Crippen LogP contribution in [0.4, 0.5) is 5.69 Å². The van der Waals surface area contributed by atoms with Crippen LogP contribution in [0.1, 0.15) is 12.5 Å². The molecule has 0 aliphatic carbocycles. The molecule has 2 aromatic carbocycles. The van der Waals surface area contributed by atoms with Crippen molar-refractivity contribution >= 4 is 51.9 Å². The third-order valence-corrected chi connectivity index (χ3v) is 5.58. The number of carbonyl (C=O) groups is 2. The Labute approximate surface area is 189 Å². The Morgan fingerprint density at radius 3 is 2.52 bits per heavy atom. The van der Waals surface area contributed by atoms with Crippen LogP contribution >= 0.6 is 24.0 Å². The lowest BCUT2D eigenvalue weighted by atomic mass is 10.1. The number of ether oxygens (including phenoxy) is 4. The van der Waals surface area contributed by atoms with Gasteiger partial charge < -0.3 is 18.9 Å². The van der Waals surface area contributed by atoms with E-state index in [-0.39, 0.29) is 19.1 Å². The molecule has 0 bridgehead atoms. The molecule has 1 aliphatic heterocycles. The van der Waals surface area contributed by atoms with Gasteiger partial charge in [-0.15, -0.1) is 0 Å². The zero-order valence-corrected chi connectivity index (χ0v) is 18.9. The van der Waals surface area contributed by atoms with E-state index in [1.165, 1.54) is 30.9 Å². The molecular formula is C22H21NO6S2. The summed E-state index contributed by atoms with van der Waals surface area (Å²) in [5, 5.41) is 0. The zero-order chi connectivity index (χ0) is 22.4. The number of nitrogens with zero attached hydrogens (tertiary/aromatic N) is 1. The quantitative estimate of drug-likeness (QED) is 0.333. The highest BCUT2D eigenvalue weighted by atomic mass is 32.2. The molecule has 1 amide bonds. The third-order valence-electron chi connectivity index (χ3n) is 4.28. The van der Waals surface area contributed by atoms with Crippen molar-refractivity contribution in [3.8, 4) is 17.2 Å². The van der Waals surface area contributed by atoms with Gasteiger partial charge in [0.05, 0.1) is 31.4 Å². The summed E-state index contributed by atoms with van der Waals surface area (Å²) in [6.07, 6.45) is 1.66. The summed E-state index contributed by atoms with van der Waals surface area (Å²) in [6.45, 7) is 1.69. The van der Waals surface area contributed by atoms with E-state index in [1.54, 1.807) is 43.3 Å². The zero-order valence-electron chi connectivity index (χ0n) is 17.2. The molecule has 1 saturated heterocycles. The number of carbonyl (C=O) groups excluding carboxylic acids is 2. The van der Waals surface area contributed by atoms with Gasteiger partial charge >= 0.3 is 5.97 Å². The van der Waals surface area contributed by atoms with Crippen LogP contribution in [0, 0.1) is 0 Å². The maximum Gasteiger partial charge on any atom is 0.344 e. The van der Waals surface area contributed by atoms with E-state index in [2.05, 4.69) is 0 Å². The van der Waals surface area contributed by atoms with Crippen LogP contribution in [0.2, 0.25) is 0 Å². The van der Waals surface area contributed by atoms with E-state index in [1.807, 2.05) is 12.1 Å². The number of esters is 1. The van der Waals surface area contributed by atoms with Gasteiger partial charge in [0.25, 0.3) is 5.91 Å². The van der Waals surface area contributed by atoms with Gasteiger partial charge in [-0.05, 0) is 31.2 Å². The molecule has 0 spiro atoms. The molecule has 1 heterocycles. The molecule has 9 heteroatoms. The molecule has 162 valence electrons. The second kappa shape index (κ2) is 10.3. The summed E-state index contributed by atoms with van der Waals surface area (Å²) in [7, 11) is 3.03. The minimum Gasteiger partial charge on any atom is -0.495 e. The number of anilines is 1. The SMILES string of the molecule is CCOC(=O)COc1c(C=C2SC(=S)N(c3ccccc3OC)C2=O)cccc1OC. The summed E-state index contributed by atoms with van der Waals surface area (Å²) in [4.78, 5) is 26.7. The minimum absolute atomic E-state index is 0.256. The van der Waals surface area contributed by atoms with Crippen LogP contribution < -0.4 is 19.1 Å². The molecule has 0 unspecified atom stereocenters. The van der Waals surface area contributed by atoms with Crippen LogP contribution in [-0.4, -0.2) is 43.6 Å². The summed E-state index contributed by atoms with van der Waals surface area (Å²) in [5.74, 6) is 0.527. The lowest BCUT2D eigenvalue weighted by Crippen LogP contribution is -2.27. The van der Waals surface area contributed by atoms with Crippen molar-refractivity contribution in [2.45, 2.75) is 6.92 Å². The first-order valence-electron chi connectivity index (χ1n) is 9.36. The van der Waals surface area contributed by atoms with Crippen LogP contribution in [0.5, 0.6) is 17.2 Å². The van der Waals surface area contributed by atoms with Gasteiger partial charge in [0.2, 0.25) is 0 Å². The van der Waals surface area contributed by atoms with Crippen LogP contribution in [-0.2, 0) is 14.3 Å². The lowest BCUT2D eigenvalue weighted by Gasteiger charge is -2.17. The molecule has 2 aromatic rings. The predicted molar refractivity (Wildman–Crippen MR) is 124 cm³/mol. The summed E-state index contributed by atoms with van der Waals surface area (Å²) in [5.41, 5.74) is 1.14. The smallest absolute Gasteiger partial charge is 0.344 e. The van der Waals surface area contributed by atoms with E-state index >= 15 is 0 Å². The Morgan fingerprint density at radius 2 is 1.81 bits per heavy atom. The minimum atomic E-state index is -0.498. The van der Waals surface area contributed by atoms with E-state index in [9.17, 15) is 9.59 Å². The number of thiocarbonyl (C=S) groups is 1. The Hall–Kier alpha value is -3.04. The molecule has 0 radical (unpaired) electrons. The average molecular weight is 460 g/mol. The van der Waals surface area contributed by atoms with Crippen molar-refractivity contribution in [3.05, 3.63) is 52.9 Å². The number of hydrogen-bond acceptors (Lipinski definition) is 8. The monoisotopic (exact) mass is 459 g/mol. The average Bonchev–Trinajstić information content (AvgIpc) is 3.05. The number of amides is 1.